The number of hydrogen-bond donors (Lipinski definition) is 1. The molecular formula is C24H26BrN3O2S. The number of amides is 2. The lowest BCUT2D eigenvalue weighted by Crippen LogP contribution is -2.46. The number of rotatable bonds is 6. The van der Waals surface area contributed by atoms with Crippen LogP contribution in [0.25, 0.3) is 6.08 Å². The van der Waals surface area contributed by atoms with Crippen LogP contribution in [-0.2, 0) is 9.59 Å². The van der Waals surface area contributed by atoms with Crippen LogP contribution in [0.3, 0.4) is 0 Å². The summed E-state index contributed by atoms with van der Waals surface area (Å²) in [5.41, 5.74) is 1.73. The SMILES string of the molecule is CCN1CCCC1CNC(=O)CN1C(=O)/C(=C/c2cccc(Br)c2)Sc2ccccc21. The summed E-state index contributed by atoms with van der Waals surface area (Å²) < 4.78 is 0.958. The quantitative estimate of drug-likeness (QED) is 0.593. The van der Waals surface area contributed by atoms with Crippen LogP contribution in [0.2, 0.25) is 0 Å². The molecule has 1 fully saturated rings. The number of fused-ring (bicyclic) bond motifs is 1. The molecule has 2 heterocycles. The molecule has 0 spiro atoms. The molecular weight excluding hydrogens is 474 g/mol. The van der Waals surface area contributed by atoms with E-state index in [0.29, 0.717) is 17.5 Å². The lowest BCUT2D eigenvalue weighted by molar-refractivity contribution is -0.122. The van der Waals surface area contributed by atoms with Gasteiger partial charge in [-0.3, -0.25) is 19.4 Å². The van der Waals surface area contributed by atoms with E-state index in [2.05, 4.69) is 33.1 Å². The smallest absolute Gasteiger partial charge is 0.265 e. The van der Waals surface area contributed by atoms with Crippen molar-refractivity contribution in [2.45, 2.75) is 30.7 Å². The second-order valence-corrected chi connectivity index (χ2v) is 9.75. The highest BCUT2D eigenvalue weighted by Crippen LogP contribution is 2.42. The van der Waals surface area contributed by atoms with Crippen LogP contribution in [0, 0.1) is 0 Å². The van der Waals surface area contributed by atoms with Gasteiger partial charge in [0.2, 0.25) is 5.91 Å². The Morgan fingerprint density at radius 2 is 2.10 bits per heavy atom. The molecule has 4 rings (SSSR count). The maximum absolute atomic E-state index is 13.3. The van der Waals surface area contributed by atoms with Gasteiger partial charge in [-0.1, -0.05) is 58.9 Å². The number of nitrogens with one attached hydrogen (secondary N) is 1. The lowest BCUT2D eigenvalue weighted by Gasteiger charge is -2.30. The molecule has 0 saturated carbocycles. The first-order valence-corrected chi connectivity index (χ1v) is 12.2. The van der Waals surface area contributed by atoms with E-state index in [4.69, 9.17) is 0 Å². The fourth-order valence-corrected chi connectivity index (χ4v) is 5.62. The number of thioether (sulfide) groups is 1. The van der Waals surface area contributed by atoms with Crippen LogP contribution >= 0.6 is 27.7 Å². The van der Waals surface area contributed by atoms with Crippen molar-refractivity contribution < 1.29 is 9.59 Å². The van der Waals surface area contributed by atoms with Crippen LogP contribution < -0.4 is 10.2 Å². The Balaban J connectivity index is 1.51. The zero-order chi connectivity index (χ0) is 21.8. The number of benzene rings is 2. The minimum absolute atomic E-state index is 0.0189. The molecule has 2 aromatic carbocycles. The Hall–Kier alpha value is -2.09. The van der Waals surface area contributed by atoms with E-state index >= 15 is 0 Å². The fourth-order valence-electron chi connectivity index (χ4n) is 4.14. The van der Waals surface area contributed by atoms with Crippen molar-refractivity contribution in [2.75, 3.05) is 31.1 Å². The predicted molar refractivity (Wildman–Crippen MR) is 130 cm³/mol. The van der Waals surface area contributed by atoms with Gasteiger partial charge >= 0.3 is 0 Å². The first-order valence-electron chi connectivity index (χ1n) is 10.6. The molecule has 1 atom stereocenters. The van der Waals surface area contributed by atoms with Crippen molar-refractivity contribution >= 4 is 51.3 Å². The van der Waals surface area contributed by atoms with E-state index in [0.717, 1.165) is 40.1 Å². The van der Waals surface area contributed by atoms with Gasteiger partial charge in [0.15, 0.2) is 0 Å². The summed E-state index contributed by atoms with van der Waals surface area (Å²) in [6.45, 7) is 4.90. The first-order chi connectivity index (χ1) is 15.0. The first kappa shape index (κ1) is 22.1. The van der Waals surface area contributed by atoms with Crippen LogP contribution in [0.5, 0.6) is 0 Å². The monoisotopic (exact) mass is 499 g/mol. The zero-order valence-electron chi connectivity index (χ0n) is 17.5. The molecule has 1 N–H and O–H groups in total. The molecule has 0 aliphatic carbocycles. The van der Waals surface area contributed by atoms with E-state index in [9.17, 15) is 9.59 Å². The second kappa shape index (κ2) is 10.0. The second-order valence-electron chi connectivity index (χ2n) is 7.75. The topological polar surface area (TPSA) is 52.7 Å². The average molecular weight is 500 g/mol. The van der Waals surface area contributed by atoms with E-state index in [1.807, 2.05) is 54.6 Å². The molecule has 162 valence electrons. The van der Waals surface area contributed by atoms with Crippen LogP contribution in [-0.4, -0.2) is 48.9 Å². The lowest BCUT2D eigenvalue weighted by atomic mass is 10.2. The van der Waals surface area contributed by atoms with E-state index < -0.39 is 0 Å². The molecule has 31 heavy (non-hydrogen) atoms. The number of hydrogen-bond acceptors (Lipinski definition) is 4. The molecule has 2 amide bonds. The maximum Gasteiger partial charge on any atom is 0.265 e. The molecule has 5 nitrogen and oxygen atoms in total. The van der Waals surface area contributed by atoms with Crippen molar-refractivity contribution in [3.63, 3.8) is 0 Å². The van der Waals surface area contributed by atoms with Gasteiger partial charge in [0.05, 0.1) is 10.6 Å². The summed E-state index contributed by atoms with van der Waals surface area (Å²) in [6.07, 6.45) is 4.17. The average Bonchev–Trinajstić information content (AvgIpc) is 3.23. The highest BCUT2D eigenvalue weighted by molar-refractivity contribution is 9.10. The van der Waals surface area contributed by atoms with Crippen LogP contribution in [0.1, 0.15) is 25.3 Å². The molecule has 0 radical (unpaired) electrons. The summed E-state index contributed by atoms with van der Waals surface area (Å²) in [7, 11) is 0. The third kappa shape index (κ3) is 5.22. The third-order valence-electron chi connectivity index (χ3n) is 5.72. The van der Waals surface area contributed by atoms with Crippen molar-refractivity contribution in [1.82, 2.24) is 10.2 Å². The normalized spacial score (nSPS) is 20.2. The Morgan fingerprint density at radius 1 is 1.26 bits per heavy atom. The van der Waals surface area contributed by atoms with Gasteiger partial charge in [-0.05, 0) is 61.8 Å². The standard InChI is InChI=1S/C24H26BrN3O2S/c1-2-27-12-6-9-19(27)15-26-23(29)16-28-20-10-3-4-11-21(20)31-22(24(28)30)14-17-7-5-8-18(25)13-17/h3-5,7-8,10-11,13-14,19H,2,6,9,12,15-16H2,1H3,(H,26,29)/b22-14-. The number of anilines is 1. The Labute approximate surface area is 196 Å². The van der Waals surface area contributed by atoms with Crippen LogP contribution in [0.15, 0.2) is 62.8 Å². The van der Waals surface area contributed by atoms with Gasteiger partial charge in [-0.2, -0.15) is 0 Å². The molecule has 2 aromatic rings. The van der Waals surface area contributed by atoms with Crippen LogP contribution in [0.4, 0.5) is 5.69 Å². The highest BCUT2D eigenvalue weighted by atomic mass is 79.9. The zero-order valence-corrected chi connectivity index (χ0v) is 19.9. The summed E-state index contributed by atoms with van der Waals surface area (Å²) in [6, 6.07) is 16.0. The summed E-state index contributed by atoms with van der Waals surface area (Å²) in [5.74, 6) is -0.269. The number of halogens is 1. The van der Waals surface area contributed by atoms with Gasteiger partial charge in [0.25, 0.3) is 5.91 Å². The van der Waals surface area contributed by atoms with Gasteiger partial charge in [0, 0.05) is 22.0 Å². The maximum atomic E-state index is 13.3. The van der Waals surface area contributed by atoms with Crippen molar-refractivity contribution in [1.29, 1.82) is 0 Å². The number of likely N-dealkylation sites (N-methyl/N-ethyl adjacent to an activating group) is 1. The van der Waals surface area contributed by atoms with Gasteiger partial charge in [0.1, 0.15) is 6.54 Å². The van der Waals surface area contributed by atoms with Gasteiger partial charge < -0.3 is 5.32 Å². The Kier molecular flexibility index (Phi) is 7.15. The number of para-hydroxylation sites is 1. The highest BCUT2D eigenvalue weighted by Gasteiger charge is 2.31. The van der Waals surface area contributed by atoms with E-state index in [-0.39, 0.29) is 18.4 Å². The Morgan fingerprint density at radius 3 is 2.90 bits per heavy atom. The summed E-state index contributed by atoms with van der Waals surface area (Å²) in [4.78, 5) is 31.7. The number of nitrogens with zero attached hydrogens (tertiary/aromatic N) is 2. The summed E-state index contributed by atoms with van der Waals surface area (Å²) in [5, 5.41) is 3.05. The molecule has 7 heteroatoms. The van der Waals surface area contributed by atoms with Gasteiger partial charge in [-0.15, -0.1) is 0 Å². The molecule has 0 aromatic heterocycles. The van der Waals surface area contributed by atoms with Crippen molar-refractivity contribution in [2.24, 2.45) is 0 Å². The van der Waals surface area contributed by atoms with Gasteiger partial charge in [-0.25, -0.2) is 0 Å². The third-order valence-corrected chi connectivity index (χ3v) is 7.29. The minimum Gasteiger partial charge on any atom is -0.353 e. The van der Waals surface area contributed by atoms with Crippen molar-refractivity contribution in [3.8, 4) is 0 Å². The molecule has 1 unspecified atom stereocenters. The molecule has 0 bridgehead atoms. The minimum atomic E-state index is -0.144. The largest absolute Gasteiger partial charge is 0.353 e. The number of likely N-dealkylation sites (tertiary alicyclic amines) is 1. The summed E-state index contributed by atoms with van der Waals surface area (Å²) >= 11 is 4.93. The Bertz CT molecular complexity index is 1010. The van der Waals surface area contributed by atoms with E-state index in [1.54, 1.807) is 4.90 Å². The molecule has 2 aliphatic heterocycles. The van der Waals surface area contributed by atoms with Crippen molar-refractivity contribution in [3.05, 3.63) is 63.5 Å². The predicted octanol–water partition coefficient (Wildman–Crippen LogP) is 4.53. The number of carbonyl (C=O) groups is 2. The molecule has 2 aliphatic rings. The number of carbonyl (C=O) groups excluding carboxylic acids is 2. The fraction of sp³-hybridized carbons (Fsp3) is 0.333. The molecule has 1 saturated heterocycles. The van der Waals surface area contributed by atoms with E-state index in [1.165, 1.54) is 18.2 Å².